The van der Waals surface area contributed by atoms with Crippen LogP contribution >= 0.6 is 0 Å². The van der Waals surface area contributed by atoms with Gasteiger partial charge in [0, 0.05) is 24.9 Å². The first-order valence-electron chi connectivity index (χ1n) is 6.72. The average molecular weight is 275 g/mol. The summed E-state index contributed by atoms with van der Waals surface area (Å²) in [6.45, 7) is 2.98. The molecule has 2 rings (SSSR count). The number of hydrogen-bond acceptors (Lipinski definition) is 4. The first kappa shape index (κ1) is 14.4. The number of methoxy groups -OCH3 is 2. The van der Waals surface area contributed by atoms with Gasteiger partial charge in [0.05, 0.1) is 14.2 Å². The number of hydrogen-bond donors (Lipinski definition) is 2. The van der Waals surface area contributed by atoms with E-state index in [1.165, 1.54) is 0 Å². The highest BCUT2D eigenvalue weighted by Gasteiger charge is 2.15. The second-order valence-corrected chi connectivity index (χ2v) is 4.46. The van der Waals surface area contributed by atoms with Gasteiger partial charge in [0.2, 0.25) is 0 Å². The molecule has 2 N–H and O–H groups in total. The van der Waals surface area contributed by atoms with E-state index in [0.717, 1.165) is 35.9 Å². The minimum Gasteiger partial charge on any atom is -0.493 e. The Hall–Kier alpha value is -2.01. The maximum Gasteiger partial charge on any atom is 0.161 e. The second kappa shape index (κ2) is 6.96. The van der Waals surface area contributed by atoms with Crippen LogP contribution in [0.15, 0.2) is 30.6 Å². The van der Waals surface area contributed by atoms with Crippen LogP contribution < -0.4 is 14.8 Å². The number of nitrogens with zero attached hydrogens (tertiary/aromatic N) is 1. The monoisotopic (exact) mass is 275 g/mol. The number of nitrogens with one attached hydrogen (secondary N) is 2. The third kappa shape index (κ3) is 3.30. The van der Waals surface area contributed by atoms with Crippen molar-refractivity contribution in [3.05, 3.63) is 42.0 Å². The number of likely N-dealkylation sites (N-methyl/N-ethyl adjacent to an activating group) is 1. The first-order chi connectivity index (χ1) is 9.78. The Morgan fingerprint density at radius 1 is 1.25 bits per heavy atom. The summed E-state index contributed by atoms with van der Waals surface area (Å²) in [5, 5.41) is 3.47. The van der Waals surface area contributed by atoms with Crippen molar-refractivity contribution in [2.45, 2.75) is 19.4 Å². The van der Waals surface area contributed by atoms with Crippen molar-refractivity contribution >= 4 is 0 Å². The van der Waals surface area contributed by atoms with Crippen molar-refractivity contribution < 1.29 is 9.47 Å². The predicted octanol–water partition coefficient (Wildman–Crippen LogP) is 2.32. The number of aromatic amines is 1. The summed E-state index contributed by atoms with van der Waals surface area (Å²) < 4.78 is 10.6. The van der Waals surface area contributed by atoms with E-state index in [2.05, 4.69) is 28.3 Å². The molecule has 5 heteroatoms. The van der Waals surface area contributed by atoms with Crippen molar-refractivity contribution in [2.24, 2.45) is 0 Å². The fraction of sp³-hybridized carbons (Fsp3) is 0.400. The molecule has 1 atom stereocenters. The van der Waals surface area contributed by atoms with Crippen LogP contribution in [0.2, 0.25) is 0 Å². The highest BCUT2D eigenvalue weighted by atomic mass is 16.5. The van der Waals surface area contributed by atoms with E-state index in [-0.39, 0.29) is 6.04 Å². The Kier molecular flexibility index (Phi) is 5.01. The molecular weight excluding hydrogens is 254 g/mol. The molecule has 0 aliphatic heterocycles. The third-order valence-corrected chi connectivity index (χ3v) is 3.21. The molecule has 0 bridgehead atoms. The molecule has 0 saturated carbocycles. The SMILES string of the molecule is CCNC(Cc1ncc[nH]1)c1ccc(OC)c(OC)c1. The Bertz CT molecular complexity index is 526. The molecular formula is C15H21N3O2. The highest BCUT2D eigenvalue weighted by molar-refractivity contribution is 5.44. The van der Waals surface area contributed by atoms with E-state index >= 15 is 0 Å². The number of rotatable bonds is 7. The molecule has 0 spiro atoms. The van der Waals surface area contributed by atoms with Crippen molar-refractivity contribution in [1.82, 2.24) is 15.3 Å². The van der Waals surface area contributed by atoms with E-state index in [1.807, 2.05) is 18.3 Å². The van der Waals surface area contributed by atoms with Gasteiger partial charge < -0.3 is 19.8 Å². The summed E-state index contributed by atoms with van der Waals surface area (Å²) in [6.07, 6.45) is 4.41. The maximum atomic E-state index is 5.36. The van der Waals surface area contributed by atoms with Gasteiger partial charge in [-0.05, 0) is 24.2 Å². The number of benzene rings is 1. The molecule has 108 valence electrons. The van der Waals surface area contributed by atoms with Crippen molar-refractivity contribution in [3.63, 3.8) is 0 Å². The lowest BCUT2D eigenvalue weighted by Gasteiger charge is -2.19. The predicted molar refractivity (Wildman–Crippen MR) is 78.3 cm³/mol. The molecule has 0 aliphatic rings. The van der Waals surface area contributed by atoms with Gasteiger partial charge >= 0.3 is 0 Å². The lowest BCUT2D eigenvalue weighted by molar-refractivity contribution is 0.353. The molecule has 1 unspecified atom stereocenters. The van der Waals surface area contributed by atoms with E-state index in [9.17, 15) is 0 Å². The molecule has 1 heterocycles. The van der Waals surface area contributed by atoms with Gasteiger partial charge in [0.15, 0.2) is 11.5 Å². The summed E-state index contributed by atoms with van der Waals surface area (Å²) in [5.41, 5.74) is 1.15. The van der Waals surface area contributed by atoms with Gasteiger partial charge in [0.25, 0.3) is 0 Å². The zero-order valence-corrected chi connectivity index (χ0v) is 12.1. The number of imidazole rings is 1. The zero-order chi connectivity index (χ0) is 14.4. The average Bonchev–Trinajstić information content (AvgIpc) is 2.99. The molecule has 0 fully saturated rings. The zero-order valence-electron chi connectivity index (χ0n) is 12.1. The Morgan fingerprint density at radius 3 is 2.65 bits per heavy atom. The second-order valence-electron chi connectivity index (χ2n) is 4.46. The molecule has 0 aliphatic carbocycles. The molecule has 20 heavy (non-hydrogen) atoms. The molecule has 1 aromatic carbocycles. The molecule has 0 saturated heterocycles. The lowest BCUT2D eigenvalue weighted by Crippen LogP contribution is -2.23. The summed E-state index contributed by atoms with van der Waals surface area (Å²) in [4.78, 5) is 7.43. The van der Waals surface area contributed by atoms with E-state index in [4.69, 9.17) is 9.47 Å². The van der Waals surface area contributed by atoms with Crippen LogP contribution in [0, 0.1) is 0 Å². The molecule has 0 radical (unpaired) electrons. The third-order valence-electron chi connectivity index (χ3n) is 3.21. The van der Waals surface area contributed by atoms with Crippen molar-refractivity contribution in [2.75, 3.05) is 20.8 Å². The maximum absolute atomic E-state index is 5.36. The topological polar surface area (TPSA) is 59.2 Å². The van der Waals surface area contributed by atoms with Crippen LogP contribution in [0.4, 0.5) is 0 Å². The van der Waals surface area contributed by atoms with Gasteiger partial charge in [-0.25, -0.2) is 4.98 Å². The standard InChI is InChI=1S/C15H21N3O2/c1-4-16-12(10-15-17-7-8-18-15)11-5-6-13(19-2)14(9-11)20-3/h5-9,12,16H,4,10H2,1-3H3,(H,17,18). The largest absolute Gasteiger partial charge is 0.493 e. The van der Waals surface area contributed by atoms with Crippen LogP contribution in [0.25, 0.3) is 0 Å². The van der Waals surface area contributed by atoms with Gasteiger partial charge in [-0.3, -0.25) is 0 Å². The normalized spacial score (nSPS) is 12.2. The van der Waals surface area contributed by atoms with Gasteiger partial charge in [0.1, 0.15) is 5.82 Å². The Balaban J connectivity index is 2.24. The Labute approximate surface area is 119 Å². The number of aromatic nitrogens is 2. The number of H-pyrrole nitrogens is 1. The van der Waals surface area contributed by atoms with E-state index < -0.39 is 0 Å². The fourth-order valence-electron chi connectivity index (χ4n) is 2.23. The van der Waals surface area contributed by atoms with E-state index in [0.29, 0.717) is 0 Å². The van der Waals surface area contributed by atoms with Crippen LogP contribution in [0.1, 0.15) is 24.4 Å². The molecule has 1 aromatic heterocycles. The molecule has 5 nitrogen and oxygen atoms in total. The van der Waals surface area contributed by atoms with Crippen LogP contribution in [0.3, 0.4) is 0 Å². The summed E-state index contributed by atoms with van der Waals surface area (Å²) in [6, 6.07) is 6.18. The minimum absolute atomic E-state index is 0.186. The van der Waals surface area contributed by atoms with Crippen molar-refractivity contribution in [1.29, 1.82) is 0 Å². The minimum atomic E-state index is 0.186. The van der Waals surface area contributed by atoms with E-state index in [1.54, 1.807) is 20.4 Å². The summed E-state index contributed by atoms with van der Waals surface area (Å²) >= 11 is 0. The highest BCUT2D eigenvalue weighted by Crippen LogP contribution is 2.30. The first-order valence-corrected chi connectivity index (χ1v) is 6.72. The van der Waals surface area contributed by atoms with Gasteiger partial charge in [-0.15, -0.1) is 0 Å². The quantitative estimate of drug-likeness (QED) is 0.814. The van der Waals surface area contributed by atoms with Gasteiger partial charge in [-0.1, -0.05) is 13.0 Å². The van der Waals surface area contributed by atoms with Crippen molar-refractivity contribution in [3.8, 4) is 11.5 Å². The summed E-state index contributed by atoms with van der Waals surface area (Å²) in [5.74, 6) is 2.45. The fourth-order valence-corrected chi connectivity index (χ4v) is 2.23. The van der Waals surface area contributed by atoms with Gasteiger partial charge in [-0.2, -0.15) is 0 Å². The summed E-state index contributed by atoms with van der Waals surface area (Å²) in [7, 11) is 3.29. The molecule has 0 amide bonds. The smallest absolute Gasteiger partial charge is 0.161 e. The van der Waals surface area contributed by atoms with Crippen LogP contribution in [-0.4, -0.2) is 30.7 Å². The Morgan fingerprint density at radius 2 is 2.05 bits per heavy atom. The van der Waals surface area contributed by atoms with Crippen LogP contribution in [0.5, 0.6) is 11.5 Å². The number of ether oxygens (including phenoxy) is 2. The molecule has 2 aromatic rings. The lowest BCUT2D eigenvalue weighted by atomic mass is 10.0. The van der Waals surface area contributed by atoms with Crippen LogP contribution in [-0.2, 0) is 6.42 Å².